The summed E-state index contributed by atoms with van der Waals surface area (Å²) in [5, 5.41) is 9.10. The molecule has 0 atom stereocenters. The van der Waals surface area contributed by atoms with Gasteiger partial charge >= 0.3 is 0 Å². The van der Waals surface area contributed by atoms with Gasteiger partial charge in [0.1, 0.15) is 5.75 Å². The van der Waals surface area contributed by atoms with E-state index in [9.17, 15) is 0 Å². The fourth-order valence-corrected chi connectivity index (χ4v) is 1.35. The normalized spacial score (nSPS) is 9.17. The van der Waals surface area contributed by atoms with Crippen molar-refractivity contribution in [2.75, 3.05) is 6.54 Å². The van der Waals surface area contributed by atoms with E-state index in [-0.39, 0.29) is 18.2 Å². The zero-order valence-corrected chi connectivity index (χ0v) is 8.86. The molecule has 1 aromatic carbocycles. The number of benzene rings is 1. The number of nitrogens with two attached hydrogens (primary N) is 1. The van der Waals surface area contributed by atoms with Gasteiger partial charge in [0.05, 0.1) is 0 Å². The van der Waals surface area contributed by atoms with Crippen molar-refractivity contribution in [1.29, 1.82) is 0 Å². The molecule has 1 rings (SSSR count). The van der Waals surface area contributed by atoms with Crippen LogP contribution in [0.25, 0.3) is 0 Å². The summed E-state index contributed by atoms with van der Waals surface area (Å²) >= 11 is 3.36. The molecule has 0 spiro atoms. The fraction of sp³-hybridized carbons (Fsp3) is 0.250. The molecule has 0 aliphatic carbocycles. The molecule has 68 valence electrons. The second-order valence-electron chi connectivity index (χ2n) is 2.31. The monoisotopic (exact) mass is 251 g/mol. The molecule has 0 aromatic heterocycles. The summed E-state index contributed by atoms with van der Waals surface area (Å²) in [5.74, 6) is 0.289. The predicted octanol–water partition coefficient (Wildman–Crippen LogP) is 2.08. The molecule has 4 heteroatoms. The lowest BCUT2D eigenvalue weighted by molar-refractivity contribution is 0.474. The molecule has 0 amide bonds. The molecule has 0 unspecified atom stereocenters. The highest BCUT2D eigenvalue weighted by molar-refractivity contribution is 9.10. The van der Waals surface area contributed by atoms with Gasteiger partial charge in [-0.1, -0.05) is 15.9 Å². The van der Waals surface area contributed by atoms with E-state index in [1.165, 1.54) is 0 Å². The zero-order chi connectivity index (χ0) is 8.27. The number of phenolic OH excluding ortho intramolecular Hbond substituents is 1. The largest absolute Gasteiger partial charge is 0.508 e. The van der Waals surface area contributed by atoms with E-state index in [1.807, 2.05) is 6.07 Å². The Balaban J connectivity index is 0.00000121. The molecule has 0 saturated heterocycles. The van der Waals surface area contributed by atoms with Gasteiger partial charge in [-0.2, -0.15) is 0 Å². The van der Waals surface area contributed by atoms with E-state index in [0.29, 0.717) is 6.54 Å². The Hall–Kier alpha value is -0.250. The SMILES string of the molecule is Cl.NCCc1cc(O)ccc1Br. The zero-order valence-electron chi connectivity index (χ0n) is 6.46. The van der Waals surface area contributed by atoms with Crippen molar-refractivity contribution in [2.45, 2.75) is 6.42 Å². The van der Waals surface area contributed by atoms with Gasteiger partial charge in [0.2, 0.25) is 0 Å². The molecular formula is C8H11BrClNO. The van der Waals surface area contributed by atoms with E-state index in [2.05, 4.69) is 15.9 Å². The molecule has 12 heavy (non-hydrogen) atoms. The smallest absolute Gasteiger partial charge is 0.115 e. The maximum absolute atomic E-state index is 9.10. The van der Waals surface area contributed by atoms with Crippen molar-refractivity contribution in [3.63, 3.8) is 0 Å². The molecule has 0 saturated carbocycles. The molecule has 3 N–H and O–H groups in total. The topological polar surface area (TPSA) is 46.2 Å². The molecule has 2 nitrogen and oxygen atoms in total. The van der Waals surface area contributed by atoms with E-state index in [4.69, 9.17) is 10.8 Å². The number of rotatable bonds is 2. The summed E-state index contributed by atoms with van der Waals surface area (Å²) in [5.41, 5.74) is 6.43. The Kier molecular flexibility index (Phi) is 5.29. The minimum atomic E-state index is 0. The number of hydrogen-bond acceptors (Lipinski definition) is 2. The van der Waals surface area contributed by atoms with E-state index in [1.54, 1.807) is 12.1 Å². The third kappa shape index (κ3) is 3.01. The van der Waals surface area contributed by atoms with Gasteiger partial charge in [-0.25, -0.2) is 0 Å². The molecule has 1 aromatic rings. The predicted molar refractivity (Wildman–Crippen MR) is 55.8 cm³/mol. The lowest BCUT2D eigenvalue weighted by Gasteiger charge is -2.02. The number of halogens is 2. The average Bonchev–Trinajstić information content (AvgIpc) is 1.98. The van der Waals surface area contributed by atoms with Crippen LogP contribution in [0.4, 0.5) is 0 Å². The first kappa shape index (κ1) is 11.8. The molecule has 0 heterocycles. The van der Waals surface area contributed by atoms with Crippen molar-refractivity contribution in [3.8, 4) is 5.75 Å². The fourth-order valence-electron chi connectivity index (χ4n) is 0.908. The summed E-state index contributed by atoms with van der Waals surface area (Å²) in [6.07, 6.45) is 0.787. The van der Waals surface area contributed by atoms with Crippen molar-refractivity contribution in [3.05, 3.63) is 28.2 Å². The molecule has 0 aliphatic heterocycles. The van der Waals surface area contributed by atoms with Gasteiger partial charge in [0.25, 0.3) is 0 Å². The maximum Gasteiger partial charge on any atom is 0.115 e. The Morgan fingerprint density at radius 2 is 2.08 bits per heavy atom. The maximum atomic E-state index is 9.10. The first-order valence-electron chi connectivity index (χ1n) is 3.41. The minimum Gasteiger partial charge on any atom is -0.508 e. The lowest BCUT2D eigenvalue weighted by Crippen LogP contribution is -2.02. The molecule has 0 aliphatic rings. The van der Waals surface area contributed by atoms with Crippen LogP contribution in [0.2, 0.25) is 0 Å². The van der Waals surface area contributed by atoms with Crippen molar-refractivity contribution < 1.29 is 5.11 Å². The van der Waals surface area contributed by atoms with E-state index in [0.717, 1.165) is 16.5 Å². The molecule has 0 fully saturated rings. The highest BCUT2D eigenvalue weighted by Gasteiger charge is 1.98. The summed E-state index contributed by atoms with van der Waals surface area (Å²) in [4.78, 5) is 0. The van der Waals surface area contributed by atoms with Gasteiger partial charge in [-0.3, -0.25) is 0 Å². The van der Waals surface area contributed by atoms with Crippen molar-refractivity contribution >= 4 is 28.3 Å². The van der Waals surface area contributed by atoms with Crippen LogP contribution in [0.15, 0.2) is 22.7 Å². The van der Waals surface area contributed by atoms with Crippen LogP contribution in [0, 0.1) is 0 Å². The van der Waals surface area contributed by atoms with Crippen LogP contribution in [0.3, 0.4) is 0 Å². The average molecular weight is 253 g/mol. The van der Waals surface area contributed by atoms with Gasteiger partial charge < -0.3 is 10.8 Å². The van der Waals surface area contributed by atoms with Crippen molar-refractivity contribution in [2.24, 2.45) is 5.73 Å². The number of phenols is 1. The lowest BCUT2D eigenvalue weighted by atomic mass is 10.1. The Morgan fingerprint density at radius 3 is 2.67 bits per heavy atom. The van der Waals surface area contributed by atoms with Crippen LogP contribution in [0.5, 0.6) is 5.75 Å². The van der Waals surface area contributed by atoms with Crippen LogP contribution >= 0.6 is 28.3 Å². The van der Waals surface area contributed by atoms with E-state index >= 15 is 0 Å². The quantitative estimate of drug-likeness (QED) is 0.846. The first-order valence-corrected chi connectivity index (χ1v) is 4.21. The molecule has 0 radical (unpaired) electrons. The van der Waals surface area contributed by atoms with E-state index < -0.39 is 0 Å². The standard InChI is InChI=1S/C8H10BrNO.ClH/c9-8-2-1-7(11)5-6(8)3-4-10;/h1-2,5,11H,3-4,10H2;1H. The Morgan fingerprint density at radius 1 is 1.42 bits per heavy atom. The van der Waals surface area contributed by atoms with Gasteiger partial charge in [-0.05, 0) is 36.7 Å². The number of hydrogen-bond donors (Lipinski definition) is 2. The van der Waals surface area contributed by atoms with Crippen LogP contribution < -0.4 is 5.73 Å². The van der Waals surface area contributed by atoms with Crippen LogP contribution in [-0.4, -0.2) is 11.7 Å². The highest BCUT2D eigenvalue weighted by atomic mass is 79.9. The first-order chi connectivity index (χ1) is 5.24. The summed E-state index contributed by atoms with van der Waals surface area (Å²) in [6, 6.07) is 5.18. The highest BCUT2D eigenvalue weighted by Crippen LogP contribution is 2.21. The van der Waals surface area contributed by atoms with Crippen molar-refractivity contribution in [1.82, 2.24) is 0 Å². The second kappa shape index (κ2) is 5.41. The molecule has 0 bridgehead atoms. The Labute approximate surface area is 86.3 Å². The third-order valence-electron chi connectivity index (χ3n) is 1.44. The third-order valence-corrected chi connectivity index (χ3v) is 2.22. The molecular weight excluding hydrogens is 241 g/mol. The van der Waals surface area contributed by atoms with Gasteiger partial charge in [0.15, 0.2) is 0 Å². The van der Waals surface area contributed by atoms with Crippen LogP contribution in [0.1, 0.15) is 5.56 Å². The summed E-state index contributed by atoms with van der Waals surface area (Å²) in [6.45, 7) is 0.599. The van der Waals surface area contributed by atoms with Gasteiger partial charge in [-0.15, -0.1) is 12.4 Å². The minimum absolute atomic E-state index is 0. The number of aromatic hydroxyl groups is 1. The Bertz CT molecular complexity index is 255. The summed E-state index contributed by atoms with van der Waals surface area (Å²) in [7, 11) is 0. The summed E-state index contributed by atoms with van der Waals surface area (Å²) < 4.78 is 1.00. The van der Waals surface area contributed by atoms with Gasteiger partial charge in [0, 0.05) is 4.47 Å². The second-order valence-corrected chi connectivity index (χ2v) is 3.17. The van der Waals surface area contributed by atoms with Crippen LogP contribution in [-0.2, 0) is 6.42 Å².